The number of benzene rings is 1. The molecule has 0 radical (unpaired) electrons. The minimum Gasteiger partial charge on any atom is -0.465 e. The van der Waals surface area contributed by atoms with Gasteiger partial charge in [-0.2, -0.15) is 0 Å². The SMILES string of the molecule is COC(=O)c1cc(N2CCN(C(=O)OC(C)(C)C)CC2)cc(B2OC(C)(C)C(C)(C)O2)c1C. The number of piperazine rings is 1. The van der Waals surface area contributed by atoms with Crippen LogP contribution in [0.25, 0.3) is 0 Å². The van der Waals surface area contributed by atoms with Crippen LogP contribution in [0.3, 0.4) is 0 Å². The second-order valence-electron chi connectivity index (χ2n) is 10.7. The highest BCUT2D eigenvalue weighted by molar-refractivity contribution is 6.63. The van der Waals surface area contributed by atoms with Gasteiger partial charge in [-0.3, -0.25) is 0 Å². The van der Waals surface area contributed by atoms with Gasteiger partial charge in [0.25, 0.3) is 0 Å². The van der Waals surface area contributed by atoms with Crippen molar-refractivity contribution in [1.29, 1.82) is 0 Å². The Labute approximate surface area is 197 Å². The zero-order valence-corrected chi connectivity index (χ0v) is 21.4. The monoisotopic (exact) mass is 460 g/mol. The minimum atomic E-state index is -0.596. The smallest absolute Gasteiger partial charge is 0.465 e. The Kier molecular flexibility index (Phi) is 6.79. The number of amides is 1. The summed E-state index contributed by atoms with van der Waals surface area (Å²) in [5.74, 6) is -0.403. The molecule has 0 N–H and O–H groups in total. The average molecular weight is 460 g/mol. The van der Waals surface area contributed by atoms with E-state index in [0.29, 0.717) is 31.7 Å². The van der Waals surface area contributed by atoms with Crippen molar-refractivity contribution in [3.63, 3.8) is 0 Å². The fourth-order valence-electron chi connectivity index (χ4n) is 3.91. The standard InChI is InChI=1S/C24H37BN2O6/c1-16-18(20(28)30-9)14-17(15-19(16)25-32-23(5,6)24(7,8)33-25)26-10-12-27(13-11-26)21(29)31-22(2,3)4/h14-15H,10-13H2,1-9H3. The summed E-state index contributed by atoms with van der Waals surface area (Å²) < 4.78 is 23.1. The molecule has 8 nitrogen and oxygen atoms in total. The molecule has 1 aromatic rings. The summed E-state index contributed by atoms with van der Waals surface area (Å²) in [5, 5.41) is 0. The molecule has 0 bridgehead atoms. The Bertz CT molecular complexity index is 900. The summed E-state index contributed by atoms with van der Waals surface area (Å²) in [6, 6.07) is 3.87. The lowest BCUT2D eigenvalue weighted by Gasteiger charge is -2.37. The van der Waals surface area contributed by atoms with Crippen molar-refractivity contribution in [3.05, 3.63) is 23.3 Å². The summed E-state index contributed by atoms with van der Waals surface area (Å²) in [5.41, 5.74) is 1.41. The number of nitrogens with zero attached hydrogens (tertiary/aromatic N) is 2. The molecule has 0 aliphatic carbocycles. The molecular weight excluding hydrogens is 423 g/mol. The van der Waals surface area contributed by atoms with Crippen LogP contribution in [0.5, 0.6) is 0 Å². The van der Waals surface area contributed by atoms with E-state index in [4.69, 9.17) is 18.8 Å². The molecule has 2 heterocycles. The van der Waals surface area contributed by atoms with Crippen LogP contribution in [0.1, 0.15) is 64.4 Å². The highest BCUT2D eigenvalue weighted by Gasteiger charge is 2.52. The molecule has 0 aromatic heterocycles. The molecule has 33 heavy (non-hydrogen) atoms. The number of carbonyl (C=O) groups excluding carboxylic acids is 2. The first kappa shape index (κ1) is 25.4. The molecule has 2 fully saturated rings. The van der Waals surface area contributed by atoms with E-state index in [0.717, 1.165) is 16.7 Å². The molecule has 0 saturated carbocycles. The van der Waals surface area contributed by atoms with E-state index >= 15 is 0 Å². The quantitative estimate of drug-likeness (QED) is 0.507. The number of hydrogen-bond donors (Lipinski definition) is 0. The first-order chi connectivity index (χ1) is 15.1. The molecular formula is C24H37BN2O6. The van der Waals surface area contributed by atoms with E-state index in [-0.39, 0.29) is 6.09 Å². The number of esters is 1. The molecule has 0 unspecified atom stereocenters. The maximum atomic E-state index is 12.6. The van der Waals surface area contributed by atoms with E-state index in [1.165, 1.54) is 7.11 Å². The zero-order valence-electron chi connectivity index (χ0n) is 21.4. The Hall–Kier alpha value is -2.26. The third kappa shape index (κ3) is 5.30. The number of methoxy groups -OCH3 is 1. The number of rotatable bonds is 3. The van der Waals surface area contributed by atoms with Crippen molar-refractivity contribution < 1.29 is 28.4 Å². The summed E-state index contributed by atoms with van der Waals surface area (Å²) in [6.07, 6.45) is -0.306. The molecule has 2 aliphatic rings. The Morgan fingerprint density at radius 3 is 2.03 bits per heavy atom. The average Bonchev–Trinajstić information content (AvgIpc) is 2.93. The molecule has 0 atom stereocenters. The van der Waals surface area contributed by atoms with E-state index in [1.54, 1.807) is 4.90 Å². The van der Waals surface area contributed by atoms with Crippen molar-refractivity contribution in [1.82, 2.24) is 4.90 Å². The van der Waals surface area contributed by atoms with Crippen LogP contribution in [0, 0.1) is 6.92 Å². The van der Waals surface area contributed by atoms with Gasteiger partial charge >= 0.3 is 19.2 Å². The summed E-state index contributed by atoms with van der Waals surface area (Å²) in [4.78, 5) is 28.9. The van der Waals surface area contributed by atoms with Gasteiger partial charge in [0.1, 0.15) is 5.60 Å². The number of anilines is 1. The minimum absolute atomic E-state index is 0.306. The van der Waals surface area contributed by atoms with Crippen molar-refractivity contribution in [2.24, 2.45) is 0 Å². The third-order valence-electron chi connectivity index (χ3n) is 6.64. The summed E-state index contributed by atoms with van der Waals surface area (Å²) >= 11 is 0. The van der Waals surface area contributed by atoms with Crippen LogP contribution in [-0.4, -0.2) is 74.2 Å². The molecule has 2 aliphatic heterocycles. The van der Waals surface area contributed by atoms with Crippen LogP contribution in [0.4, 0.5) is 10.5 Å². The Morgan fingerprint density at radius 1 is 1.00 bits per heavy atom. The van der Waals surface area contributed by atoms with Gasteiger partial charge in [-0.05, 0) is 78.5 Å². The lowest BCUT2D eigenvalue weighted by atomic mass is 9.74. The molecule has 9 heteroatoms. The number of carbonyl (C=O) groups is 2. The fourth-order valence-corrected chi connectivity index (χ4v) is 3.91. The Balaban J connectivity index is 1.87. The van der Waals surface area contributed by atoms with Crippen molar-refractivity contribution in [2.45, 2.75) is 72.2 Å². The van der Waals surface area contributed by atoms with Gasteiger partial charge in [-0.15, -0.1) is 0 Å². The number of hydrogen-bond acceptors (Lipinski definition) is 7. The predicted molar refractivity (Wildman–Crippen MR) is 128 cm³/mol. The first-order valence-corrected chi connectivity index (χ1v) is 11.5. The van der Waals surface area contributed by atoms with Crippen LogP contribution in [0.2, 0.25) is 0 Å². The van der Waals surface area contributed by atoms with Crippen molar-refractivity contribution >= 4 is 30.3 Å². The van der Waals surface area contributed by atoms with E-state index in [2.05, 4.69) is 4.90 Å². The van der Waals surface area contributed by atoms with E-state index in [1.807, 2.05) is 67.5 Å². The highest BCUT2D eigenvalue weighted by Crippen LogP contribution is 2.37. The van der Waals surface area contributed by atoms with Gasteiger partial charge in [-0.1, -0.05) is 0 Å². The molecule has 1 aromatic carbocycles. The third-order valence-corrected chi connectivity index (χ3v) is 6.64. The summed E-state index contributed by atoms with van der Waals surface area (Å²) in [7, 11) is 0.782. The lowest BCUT2D eigenvalue weighted by Crippen LogP contribution is -2.50. The Morgan fingerprint density at radius 2 is 1.55 bits per heavy atom. The van der Waals surface area contributed by atoms with Crippen molar-refractivity contribution in [3.8, 4) is 0 Å². The van der Waals surface area contributed by atoms with Gasteiger partial charge in [0.05, 0.1) is 23.9 Å². The normalized spacial score (nSPS) is 20.1. The van der Waals surface area contributed by atoms with Gasteiger partial charge in [0.15, 0.2) is 0 Å². The van der Waals surface area contributed by atoms with Crippen LogP contribution >= 0.6 is 0 Å². The molecule has 182 valence electrons. The fraction of sp³-hybridized carbons (Fsp3) is 0.667. The predicted octanol–water partition coefficient (Wildman–Crippen LogP) is 3.14. The van der Waals surface area contributed by atoms with Crippen molar-refractivity contribution in [2.75, 3.05) is 38.2 Å². The maximum Gasteiger partial charge on any atom is 0.495 e. The topological polar surface area (TPSA) is 77.5 Å². The van der Waals surface area contributed by atoms with E-state index < -0.39 is 29.9 Å². The van der Waals surface area contributed by atoms with Gasteiger partial charge in [0.2, 0.25) is 0 Å². The molecule has 2 saturated heterocycles. The molecule has 3 rings (SSSR count). The zero-order chi connectivity index (χ0) is 24.8. The van der Waals surface area contributed by atoms with Gasteiger partial charge in [-0.25, -0.2) is 9.59 Å². The molecule has 1 amide bonds. The largest absolute Gasteiger partial charge is 0.495 e. The highest BCUT2D eigenvalue weighted by atomic mass is 16.7. The van der Waals surface area contributed by atoms with Gasteiger partial charge in [0, 0.05) is 31.9 Å². The van der Waals surface area contributed by atoms with Crippen LogP contribution < -0.4 is 10.4 Å². The van der Waals surface area contributed by atoms with Gasteiger partial charge < -0.3 is 28.6 Å². The molecule has 0 spiro atoms. The second kappa shape index (κ2) is 8.83. The number of ether oxygens (including phenoxy) is 2. The van der Waals surface area contributed by atoms with E-state index in [9.17, 15) is 9.59 Å². The second-order valence-corrected chi connectivity index (χ2v) is 10.7. The maximum absolute atomic E-state index is 12.6. The van der Waals surface area contributed by atoms with Crippen LogP contribution in [-0.2, 0) is 18.8 Å². The van der Waals surface area contributed by atoms with Crippen LogP contribution in [0.15, 0.2) is 12.1 Å². The lowest BCUT2D eigenvalue weighted by molar-refractivity contribution is 0.00578. The first-order valence-electron chi connectivity index (χ1n) is 11.5. The summed E-state index contributed by atoms with van der Waals surface area (Å²) in [6.45, 7) is 17.8.